The average Bonchev–Trinajstić information content (AvgIpc) is 1.59. The minimum Gasteiger partial charge on any atom is -0.497 e. The van der Waals surface area contributed by atoms with Crippen molar-refractivity contribution < 1.29 is 67.4 Å². The van der Waals surface area contributed by atoms with E-state index >= 15 is 0 Å². The van der Waals surface area contributed by atoms with E-state index in [9.17, 15) is 62.6 Å². The molecule has 1 aromatic heterocycles. The van der Waals surface area contributed by atoms with Crippen molar-refractivity contribution in [2.75, 3.05) is 81.5 Å². The molecule has 0 aliphatic carbocycles. The predicted octanol–water partition coefficient (Wildman–Crippen LogP) is 17.1. The number of nitrogens with zero attached hydrogens (tertiary/aromatic N) is 10. The second-order valence-electron chi connectivity index (χ2n) is 32.5. The Morgan fingerprint density at radius 2 is 0.811 bits per heavy atom. The summed E-state index contributed by atoms with van der Waals surface area (Å²) in [6.45, 7) is 11.9. The van der Waals surface area contributed by atoms with Crippen LogP contribution in [0.3, 0.4) is 0 Å². The normalized spacial score (nSPS) is 15.3. The molecule has 3 aliphatic rings. The molecule has 0 saturated heterocycles. The summed E-state index contributed by atoms with van der Waals surface area (Å²) in [6, 6.07) is 92.1. The Morgan fingerprint density at radius 3 is 1.29 bits per heavy atom. The standard InChI is InChI=1S/C35H33N5O4.C35H34N4O4.C34H31N5O6/c1-23(2)39(25-17-19-26(44-3)20-18-25)33(41)22-38-31-15-9-10-16-32(31)40(24-11-5-4-6-12-24)35(43)28(34(38)42)21-30-27-13-7-8-14-29(27)36-37-30;1-25(2)38(27-17-9-5-10-18-27)32(41)24-37-29-21-13-14-22-30(29)39(28-19-11-6-12-20-28)34(43)35(3,33(37)42)23-31(40)36-26-15-7-4-8-16-26;1-22(2)38(25-14-5-3-6-15-25)29(40)21-37-27-18-9-10-19-28(27)39(26-16-7-4-8-17-26)32(42)30(31(37)41)36-34(45)35-24-13-11-12-23(20-24)33(43)44/h4-20,23,28H,21-22H2,1-3H3,(H,36,37);4-22,25H,23-24H2,1-3H3,(H,36,40);3-20,22,30H,21H2,1-2H3,(H,43,44)(H2,35,36,45). The summed E-state index contributed by atoms with van der Waals surface area (Å²) in [4.78, 5) is 180. The smallest absolute Gasteiger partial charge is 0.335 e. The monoisotopic (exact) mass is 1770 g/mol. The zero-order valence-corrected chi connectivity index (χ0v) is 73.8. The zero-order chi connectivity index (χ0) is 93.4. The summed E-state index contributed by atoms with van der Waals surface area (Å²) in [5, 5.41) is 25.4. The largest absolute Gasteiger partial charge is 0.497 e. The van der Waals surface area contributed by atoms with Crippen molar-refractivity contribution in [2.24, 2.45) is 11.3 Å². The number of methoxy groups -OCH3 is 1. The van der Waals surface area contributed by atoms with E-state index in [0.29, 0.717) is 85.4 Å². The van der Waals surface area contributed by atoms with Crippen LogP contribution in [0.4, 0.5) is 84.4 Å². The highest BCUT2D eigenvalue weighted by molar-refractivity contribution is 6.27. The maximum Gasteiger partial charge on any atom is 0.335 e. The molecule has 0 saturated carbocycles. The summed E-state index contributed by atoms with van der Waals surface area (Å²) in [5.41, 5.74) is 6.42. The number of carboxylic acid groups (broad SMARTS) is 1. The number of ether oxygens (including phenoxy) is 1. The van der Waals surface area contributed by atoms with Crippen LogP contribution in [0.5, 0.6) is 5.75 Å². The molecule has 12 amide bonds. The number of carbonyl (C=O) groups excluding carboxylic acids is 11. The van der Waals surface area contributed by atoms with Gasteiger partial charge >= 0.3 is 12.0 Å². The van der Waals surface area contributed by atoms with E-state index in [1.165, 1.54) is 55.7 Å². The molecule has 668 valence electrons. The van der Waals surface area contributed by atoms with E-state index in [4.69, 9.17) is 4.74 Å². The van der Waals surface area contributed by atoms with E-state index in [0.717, 1.165) is 10.9 Å². The number of nitrogens with one attached hydrogen (secondary N) is 4. The summed E-state index contributed by atoms with van der Waals surface area (Å²) >= 11 is 0. The van der Waals surface area contributed by atoms with Gasteiger partial charge in [-0.2, -0.15) is 5.10 Å². The number of carboxylic acids is 1. The van der Waals surface area contributed by atoms with E-state index in [-0.39, 0.29) is 66.6 Å². The molecule has 0 fully saturated rings. The van der Waals surface area contributed by atoms with Crippen LogP contribution in [0.15, 0.2) is 328 Å². The van der Waals surface area contributed by atoms with Gasteiger partial charge in [-0.3, -0.25) is 77.5 Å². The fraction of sp³-hybridized carbons (Fsp3) is 0.183. The number of aromatic nitrogens is 2. The Hall–Kier alpha value is -16.7. The fourth-order valence-electron chi connectivity index (χ4n) is 16.5. The third-order valence-electron chi connectivity index (χ3n) is 22.6. The van der Waals surface area contributed by atoms with Crippen molar-refractivity contribution in [1.82, 2.24) is 15.5 Å². The van der Waals surface area contributed by atoms with Gasteiger partial charge in [0.05, 0.1) is 58.7 Å². The lowest BCUT2D eigenvalue weighted by Gasteiger charge is -2.33. The van der Waals surface area contributed by atoms with Crippen LogP contribution in [0.1, 0.15) is 70.9 Å². The summed E-state index contributed by atoms with van der Waals surface area (Å²) < 4.78 is 5.30. The van der Waals surface area contributed by atoms with Crippen molar-refractivity contribution in [3.8, 4) is 5.75 Å². The Labute approximate surface area is 763 Å². The highest BCUT2D eigenvalue weighted by Crippen LogP contribution is 2.46. The molecule has 5 N–H and O–H groups in total. The number of fused-ring (bicyclic) bond motifs is 4. The number of hydrogen-bond acceptors (Lipinski definition) is 14. The van der Waals surface area contributed by atoms with Crippen molar-refractivity contribution in [3.63, 3.8) is 0 Å². The molecule has 28 heteroatoms. The van der Waals surface area contributed by atoms with Gasteiger partial charge in [-0.05, 0) is 206 Å². The Bertz CT molecular complexity index is 6410. The van der Waals surface area contributed by atoms with Crippen molar-refractivity contribution >= 4 is 162 Å². The second-order valence-corrected chi connectivity index (χ2v) is 32.5. The first-order valence-corrected chi connectivity index (χ1v) is 43.0. The Kier molecular flexibility index (Phi) is 28.4. The predicted molar refractivity (Wildman–Crippen MR) is 511 cm³/mol. The molecular formula is C104H98N14O14. The molecule has 4 heterocycles. The Morgan fingerprint density at radius 1 is 0.417 bits per heavy atom. The van der Waals surface area contributed by atoms with Gasteiger partial charge in [0.15, 0.2) is 6.04 Å². The van der Waals surface area contributed by atoms with E-state index in [1.54, 1.807) is 184 Å². The van der Waals surface area contributed by atoms with Gasteiger partial charge in [-0.25, -0.2) is 9.59 Å². The molecule has 12 aromatic carbocycles. The van der Waals surface area contributed by atoms with Crippen LogP contribution < -0.4 is 64.8 Å². The minimum absolute atomic E-state index is 0.0575. The number of aromatic amines is 1. The maximum atomic E-state index is 14.6. The van der Waals surface area contributed by atoms with Gasteiger partial charge in [0.25, 0.3) is 11.8 Å². The third-order valence-corrected chi connectivity index (χ3v) is 22.6. The van der Waals surface area contributed by atoms with Gasteiger partial charge in [-0.15, -0.1) is 0 Å². The second kappa shape index (κ2) is 41.0. The summed E-state index contributed by atoms with van der Waals surface area (Å²) in [6.07, 6.45) is -0.333. The fourth-order valence-corrected chi connectivity index (χ4v) is 16.5. The minimum atomic E-state index is -1.83. The van der Waals surface area contributed by atoms with Gasteiger partial charge in [0.1, 0.15) is 36.7 Å². The van der Waals surface area contributed by atoms with Crippen LogP contribution in [0.25, 0.3) is 10.9 Å². The number of anilines is 14. The van der Waals surface area contributed by atoms with Gasteiger partial charge in [0.2, 0.25) is 47.3 Å². The molecule has 16 rings (SSSR count). The molecule has 3 aliphatic heterocycles. The molecule has 13 aromatic rings. The van der Waals surface area contributed by atoms with Crippen molar-refractivity contribution in [1.29, 1.82) is 0 Å². The molecule has 0 spiro atoms. The zero-order valence-electron chi connectivity index (χ0n) is 73.8. The number of amides is 12. The first-order valence-electron chi connectivity index (χ1n) is 43.0. The van der Waals surface area contributed by atoms with Crippen LogP contribution >= 0.6 is 0 Å². The number of benzene rings is 12. The quantitative estimate of drug-likeness (QED) is 0.0351. The molecule has 3 atom stereocenters. The first kappa shape index (κ1) is 91.6. The summed E-state index contributed by atoms with van der Waals surface area (Å²) in [7, 11) is 1.59. The van der Waals surface area contributed by atoms with Gasteiger partial charge < -0.3 is 45.4 Å². The Balaban J connectivity index is 0.000000159. The van der Waals surface area contributed by atoms with Gasteiger partial charge in [-0.1, -0.05) is 170 Å². The number of rotatable bonds is 24. The van der Waals surface area contributed by atoms with Crippen LogP contribution in [-0.2, 0) is 54.4 Å². The van der Waals surface area contributed by atoms with Crippen LogP contribution in [0, 0.1) is 11.3 Å². The SMILES string of the molecule is CC(C)N(C(=O)CN1C(=O)C(C)(CC(=O)Nc2ccccc2)C(=O)N(c2ccccc2)c2ccccc21)c1ccccc1.CC(C)N(C(=O)CN1C(=O)C(NC(=O)Nc2cccc(C(=O)O)c2)C(=O)N(c2ccccc2)c2ccccc21)c1ccccc1.COc1ccc(N(C(=O)CN2C(=O)C(Cc3[nH]nc4ccccc34)C(=O)N(c3ccccc3)c3ccccc32)C(C)C)cc1. The topological polar surface area (TPSA) is 328 Å². The third kappa shape index (κ3) is 20.0. The lowest BCUT2D eigenvalue weighted by atomic mass is 9.83. The number of para-hydroxylation sites is 13. The van der Waals surface area contributed by atoms with Crippen molar-refractivity contribution in [3.05, 3.63) is 339 Å². The van der Waals surface area contributed by atoms with Crippen LogP contribution in [0.2, 0.25) is 0 Å². The molecule has 0 bridgehead atoms. The molecule has 28 nitrogen and oxygen atoms in total. The van der Waals surface area contributed by atoms with E-state index < -0.39 is 83.7 Å². The summed E-state index contributed by atoms with van der Waals surface area (Å²) in [5.74, 6) is -6.68. The number of H-pyrrole nitrogens is 1. The van der Waals surface area contributed by atoms with Gasteiger partial charge in [0, 0.05) is 81.1 Å². The first-order chi connectivity index (χ1) is 63.7. The number of hydrogen-bond donors (Lipinski definition) is 5. The van der Waals surface area contributed by atoms with Crippen LogP contribution in [-0.4, -0.2) is 137 Å². The lowest BCUT2D eigenvalue weighted by Crippen LogP contribution is -2.57. The molecule has 3 unspecified atom stereocenters. The maximum absolute atomic E-state index is 14.6. The van der Waals surface area contributed by atoms with E-state index in [2.05, 4.69) is 26.1 Å². The highest BCUT2D eigenvalue weighted by atomic mass is 16.5. The number of carbonyl (C=O) groups is 12. The number of urea groups is 1. The lowest BCUT2D eigenvalue weighted by molar-refractivity contribution is -0.142. The molecular weight excluding hydrogens is 1670 g/mol. The van der Waals surface area contributed by atoms with E-state index in [1.807, 2.05) is 187 Å². The number of aromatic carboxylic acids is 1. The molecule has 132 heavy (non-hydrogen) atoms. The highest BCUT2D eigenvalue weighted by Gasteiger charge is 2.53. The molecule has 0 radical (unpaired) electrons. The average molecular weight is 1770 g/mol. The van der Waals surface area contributed by atoms with Crippen molar-refractivity contribution in [2.45, 2.75) is 85.5 Å².